The van der Waals surface area contributed by atoms with Gasteiger partial charge in [-0.05, 0) is 25.1 Å². The summed E-state index contributed by atoms with van der Waals surface area (Å²) in [5, 5.41) is 8.31. The fourth-order valence-electron chi connectivity index (χ4n) is 3.83. The molecule has 0 radical (unpaired) electrons. The van der Waals surface area contributed by atoms with Gasteiger partial charge in [-0.1, -0.05) is 24.3 Å². The minimum absolute atomic E-state index is 0.0687. The zero-order chi connectivity index (χ0) is 21.5. The number of urea groups is 2. The highest BCUT2D eigenvalue weighted by atomic mass is 19.3. The molecule has 0 saturated heterocycles. The number of anilines is 2. The van der Waals surface area contributed by atoms with Gasteiger partial charge in [-0.15, -0.1) is 0 Å². The van der Waals surface area contributed by atoms with Crippen molar-refractivity contribution in [2.45, 2.75) is 38.0 Å². The second-order valence-corrected chi connectivity index (χ2v) is 7.63. The quantitative estimate of drug-likeness (QED) is 0.707. The Labute approximate surface area is 172 Å². The van der Waals surface area contributed by atoms with Crippen LogP contribution in [0, 0.1) is 0 Å². The monoisotopic (exact) mass is 416 g/mol. The van der Waals surface area contributed by atoms with Crippen LogP contribution >= 0.6 is 0 Å². The van der Waals surface area contributed by atoms with E-state index in [1.807, 2.05) is 0 Å². The predicted molar refractivity (Wildman–Crippen MR) is 108 cm³/mol. The first-order chi connectivity index (χ1) is 14.3. The molecular weight excluding hydrogens is 394 g/mol. The average molecular weight is 416 g/mol. The standard InChI is InChI=1S/C21H22F2N4O3/c1-21(18(22)23)10-15(12-6-3-4-9-17(12)30-21)26-19(28)25-14-7-5-8-16-13(14)11-24-20(29)27(16)2/h3-9,15,18H,10-11H2,1-2H3,(H,24,29)(H2,25,26,28)/t15-,21-/m1/s1. The first-order valence-electron chi connectivity index (χ1n) is 9.55. The van der Waals surface area contributed by atoms with Gasteiger partial charge in [0.15, 0.2) is 5.60 Å². The molecule has 30 heavy (non-hydrogen) atoms. The molecule has 2 aliphatic heterocycles. The molecular formula is C21H22F2N4O3. The molecule has 2 aromatic carbocycles. The van der Waals surface area contributed by atoms with E-state index in [1.54, 1.807) is 49.5 Å². The van der Waals surface area contributed by atoms with Crippen LogP contribution in [0.2, 0.25) is 0 Å². The zero-order valence-electron chi connectivity index (χ0n) is 16.5. The van der Waals surface area contributed by atoms with Gasteiger partial charge in [0.1, 0.15) is 5.75 Å². The van der Waals surface area contributed by atoms with Gasteiger partial charge in [0, 0.05) is 36.8 Å². The fraction of sp³-hybridized carbons (Fsp3) is 0.333. The van der Waals surface area contributed by atoms with Crippen molar-refractivity contribution in [1.29, 1.82) is 0 Å². The number of nitrogens with zero attached hydrogens (tertiary/aromatic N) is 1. The summed E-state index contributed by atoms with van der Waals surface area (Å²) in [7, 11) is 1.64. The van der Waals surface area contributed by atoms with Crippen molar-refractivity contribution in [1.82, 2.24) is 10.6 Å². The maximum Gasteiger partial charge on any atom is 0.321 e. The number of hydrogen-bond acceptors (Lipinski definition) is 3. The maximum absolute atomic E-state index is 13.6. The summed E-state index contributed by atoms with van der Waals surface area (Å²) in [4.78, 5) is 26.0. The van der Waals surface area contributed by atoms with Crippen molar-refractivity contribution in [3.63, 3.8) is 0 Å². The highest BCUT2D eigenvalue weighted by Gasteiger charge is 2.44. The van der Waals surface area contributed by atoms with E-state index in [2.05, 4.69) is 16.0 Å². The SMILES string of the molecule is CN1C(=O)NCc2c(NC(=O)N[C@@H]3C[C@](C)(C(F)F)Oc4ccccc43)cccc21. The lowest BCUT2D eigenvalue weighted by molar-refractivity contribution is -0.0824. The second-order valence-electron chi connectivity index (χ2n) is 7.63. The van der Waals surface area contributed by atoms with Crippen LogP contribution in [0.4, 0.5) is 29.7 Å². The number of amides is 4. The smallest absolute Gasteiger partial charge is 0.321 e. The molecule has 4 rings (SSSR count). The normalized spacial score (nSPS) is 22.5. The van der Waals surface area contributed by atoms with E-state index in [0.29, 0.717) is 22.7 Å². The van der Waals surface area contributed by atoms with Gasteiger partial charge in [-0.2, -0.15) is 0 Å². The molecule has 2 aromatic rings. The molecule has 2 aliphatic rings. The first kappa shape index (κ1) is 19.9. The van der Waals surface area contributed by atoms with Gasteiger partial charge in [-0.3, -0.25) is 4.90 Å². The number of benzene rings is 2. The summed E-state index contributed by atoms with van der Waals surface area (Å²) in [6, 6.07) is 10.7. The van der Waals surface area contributed by atoms with Crippen LogP contribution in [0.5, 0.6) is 5.75 Å². The number of carbonyl (C=O) groups is 2. The number of rotatable bonds is 3. The summed E-state index contributed by atoms with van der Waals surface area (Å²) in [5.41, 5.74) is 0.935. The molecule has 0 bridgehead atoms. The molecule has 4 amide bonds. The Bertz CT molecular complexity index is 1000. The van der Waals surface area contributed by atoms with Gasteiger partial charge >= 0.3 is 12.1 Å². The number of alkyl halides is 2. The zero-order valence-corrected chi connectivity index (χ0v) is 16.5. The molecule has 158 valence electrons. The molecule has 0 unspecified atom stereocenters. The molecule has 7 nitrogen and oxygen atoms in total. The van der Waals surface area contributed by atoms with Gasteiger partial charge in [0.05, 0.1) is 11.7 Å². The number of para-hydroxylation sites is 1. The Balaban J connectivity index is 1.56. The van der Waals surface area contributed by atoms with Crippen molar-refractivity contribution in [2.24, 2.45) is 0 Å². The topological polar surface area (TPSA) is 82.7 Å². The van der Waals surface area contributed by atoms with Crippen LogP contribution in [0.15, 0.2) is 42.5 Å². The molecule has 2 heterocycles. The highest BCUT2D eigenvalue weighted by molar-refractivity contribution is 5.98. The number of fused-ring (bicyclic) bond motifs is 2. The van der Waals surface area contributed by atoms with Crippen molar-refractivity contribution in [3.05, 3.63) is 53.6 Å². The lowest BCUT2D eigenvalue weighted by Gasteiger charge is -2.39. The van der Waals surface area contributed by atoms with Crippen molar-refractivity contribution in [3.8, 4) is 5.75 Å². The maximum atomic E-state index is 13.6. The van der Waals surface area contributed by atoms with Gasteiger partial charge in [0.2, 0.25) is 0 Å². The average Bonchev–Trinajstić information content (AvgIpc) is 2.71. The minimum Gasteiger partial charge on any atom is -0.481 e. The molecule has 0 saturated carbocycles. The van der Waals surface area contributed by atoms with Crippen molar-refractivity contribution >= 4 is 23.4 Å². The Morgan fingerprint density at radius 1 is 1.27 bits per heavy atom. The van der Waals surface area contributed by atoms with Crippen LogP contribution in [0.1, 0.15) is 30.5 Å². The third kappa shape index (κ3) is 3.51. The summed E-state index contributed by atoms with van der Waals surface area (Å²) in [6.45, 7) is 1.62. The fourth-order valence-corrected chi connectivity index (χ4v) is 3.83. The van der Waals surface area contributed by atoms with E-state index < -0.39 is 24.1 Å². The number of halogens is 2. The van der Waals surface area contributed by atoms with Crippen LogP contribution in [-0.2, 0) is 6.54 Å². The number of hydrogen-bond donors (Lipinski definition) is 3. The molecule has 0 fully saturated rings. The number of carbonyl (C=O) groups excluding carboxylic acids is 2. The van der Waals surface area contributed by atoms with Gasteiger partial charge in [-0.25, -0.2) is 18.4 Å². The van der Waals surface area contributed by atoms with E-state index in [9.17, 15) is 18.4 Å². The van der Waals surface area contributed by atoms with Crippen LogP contribution < -0.4 is 25.6 Å². The molecule has 0 spiro atoms. The highest BCUT2D eigenvalue weighted by Crippen LogP contribution is 2.42. The molecule has 2 atom stereocenters. The second kappa shape index (κ2) is 7.47. The summed E-state index contributed by atoms with van der Waals surface area (Å²) in [5.74, 6) is 0.332. The van der Waals surface area contributed by atoms with E-state index in [0.717, 1.165) is 5.56 Å². The third-order valence-electron chi connectivity index (χ3n) is 5.50. The third-order valence-corrected chi connectivity index (χ3v) is 5.50. The van der Waals surface area contributed by atoms with E-state index >= 15 is 0 Å². The molecule has 0 aromatic heterocycles. The predicted octanol–water partition coefficient (Wildman–Crippen LogP) is 4.02. The van der Waals surface area contributed by atoms with Crippen LogP contribution in [0.25, 0.3) is 0 Å². The summed E-state index contributed by atoms with van der Waals surface area (Å²) >= 11 is 0. The first-order valence-corrected chi connectivity index (χ1v) is 9.55. The molecule has 3 N–H and O–H groups in total. The lowest BCUT2D eigenvalue weighted by Crippen LogP contribution is -2.48. The number of nitrogens with one attached hydrogen (secondary N) is 3. The molecule has 0 aliphatic carbocycles. The Hall–Kier alpha value is -3.36. The number of ether oxygens (including phenoxy) is 1. The van der Waals surface area contributed by atoms with E-state index in [1.165, 1.54) is 11.8 Å². The van der Waals surface area contributed by atoms with Gasteiger partial charge in [0.25, 0.3) is 6.43 Å². The lowest BCUT2D eigenvalue weighted by atomic mass is 9.88. The minimum atomic E-state index is -2.71. The molecule has 9 heteroatoms. The van der Waals surface area contributed by atoms with Crippen molar-refractivity contribution in [2.75, 3.05) is 17.3 Å². The van der Waals surface area contributed by atoms with Crippen LogP contribution in [0.3, 0.4) is 0 Å². The Morgan fingerprint density at radius 3 is 2.80 bits per heavy atom. The Kier molecular flexibility index (Phi) is 4.97. The van der Waals surface area contributed by atoms with Crippen LogP contribution in [-0.4, -0.2) is 31.1 Å². The van der Waals surface area contributed by atoms with Crippen molar-refractivity contribution < 1.29 is 23.1 Å². The largest absolute Gasteiger partial charge is 0.481 e. The van der Waals surface area contributed by atoms with E-state index in [-0.39, 0.29) is 19.0 Å². The van der Waals surface area contributed by atoms with Gasteiger partial charge < -0.3 is 20.7 Å². The van der Waals surface area contributed by atoms with E-state index in [4.69, 9.17) is 4.74 Å². The Morgan fingerprint density at radius 2 is 2.03 bits per heavy atom. The summed E-state index contributed by atoms with van der Waals surface area (Å²) < 4.78 is 32.8. The summed E-state index contributed by atoms with van der Waals surface area (Å²) in [6.07, 6.45) is -2.78.